The Morgan fingerprint density at radius 2 is 1.90 bits per heavy atom. The van der Waals surface area contributed by atoms with Crippen LogP contribution in [0.5, 0.6) is 5.75 Å². The molecule has 102 valence electrons. The number of carbonyl (C=O) groups is 2. The Morgan fingerprint density at radius 1 is 1.05 bits per heavy atom. The van der Waals surface area contributed by atoms with Crippen molar-refractivity contribution in [1.82, 2.24) is 4.98 Å². The summed E-state index contributed by atoms with van der Waals surface area (Å²) in [5.74, 6) is -0.293. The molecule has 3 rings (SSSR count). The topological polar surface area (TPSA) is 56.3 Å². The Bertz CT molecular complexity index is 813. The lowest BCUT2D eigenvalue weighted by Crippen LogP contribution is -2.10. The van der Waals surface area contributed by atoms with Gasteiger partial charge in [0, 0.05) is 12.4 Å². The monoisotopic (exact) mass is 277 g/mol. The summed E-state index contributed by atoms with van der Waals surface area (Å²) in [7, 11) is 0. The molecule has 1 aromatic heterocycles. The molecule has 0 fully saturated rings. The molecule has 2 aromatic carbocycles. The van der Waals surface area contributed by atoms with Gasteiger partial charge in [-0.3, -0.25) is 9.78 Å². The molecule has 0 aliphatic heterocycles. The molecule has 0 atom stereocenters. The maximum absolute atomic E-state index is 12.0. The zero-order valence-electron chi connectivity index (χ0n) is 11.0. The van der Waals surface area contributed by atoms with E-state index in [1.807, 2.05) is 30.3 Å². The van der Waals surface area contributed by atoms with Crippen LogP contribution in [-0.2, 0) is 0 Å². The highest BCUT2D eigenvalue weighted by Gasteiger charge is 2.13. The largest absolute Gasteiger partial charge is 0.422 e. The number of benzene rings is 2. The molecule has 3 aromatic rings. The Morgan fingerprint density at radius 3 is 2.67 bits per heavy atom. The van der Waals surface area contributed by atoms with Crippen molar-refractivity contribution in [3.8, 4) is 5.75 Å². The number of nitrogens with zero attached hydrogens (tertiary/aromatic N) is 1. The number of fused-ring (bicyclic) bond motifs is 1. The number of aldehydes is 1. The van der Waals surface area contributed by atoms with E-state index in [0.717, 1.165) is 10.8 Å². The zero-order chi connectivity index (χ0) is 14.7. The number of aromatic nitrogens is 1. The first-order valence-electron chi connectivity index (χ1n) is 6.39. The maximum atomic E-state index is 12.0. The van der Waals surface area contributed by atoms with Crippen LogP contribution in [0.4, 0.5) is 0 Å². The summed E-state index contributed by atoms with van der Waals surface area (Å²) in [4.78, 5) is 27.3. The molecular weight excluding hydrogens is 266 g/mol. The first-order valence-corrected chi connectivity index (χ1v) is 6.39. The first kappa shape index (κ1) is 13.0. The van der Waals surface area contributed by atoms with Gasteiger partial charge in [0.1, 0.15) is 5.75 Å². The van der Waals surface area contributed by atoms with E-state index in [2.05, 4.69) is 4.98 Å². The minimum absolute atomic E-state index is 0.248. The van der Waals surface area contributed by atoms with E-state index in [0.29, 0.717) is 17.4 Å². The van der Waals surface area contributed by atoms with Crippen LogP contribution >= 0.6 is 0 Å². The van der Waals surface area contributed by atoms with E-state index in [-0.39, 0.29) is 5.75 Å². The molecule has 0 saturated heterocycles. The Hall–Kier alpha value is -3.01. The van der Waals surface area contributed by atoms with Crippen LogP contribution in [0.2, 0.25) is 0 Å². The Balaban J connectivity index is 2.01. The van der Waals surface area contributed by atoms with Gasteiger partial charge in [0.05, 0.1) is 11.1 Å². The number of hydrogen-bond donors (Lipinski definition) is 0. The first-order chi connectivity index (χ1) is 10.3. The summed E-state index contributed by atoms with van der Waals surface area (Å²) in [5.41, 5.74) is 0.702. The molecule has 0 radical (unpaired) electrons. The van der Waals surface area contributed by atoms with Gasteiger partial charge in [-0.2, -0.15) is 0 Å². The SMILES string of the molecule is O=Cc1c(OC(=O)c2cccnc2)ccc2ccccc12. The van der Waals surface area contributed by atoms with Crippen LogP contribution in [0, 0.1) is 0 Å². The molecule has 0 bridgehead atoms. The fourth-order valence-corrected chi connectivity index (χ4v) is 2.13. The third kappa shape index (κ3) is 2.51. The molecule has 0 spiro atoms. The van der Waals surface area contributed by atoms with Gasteiger partial charge in [0.2, 0.25) is 0 Å². The average Bonchev–Trinajstić information content (AvgIpc) is 2.55. The van der Waals surface area contributed by atoms with E-state index in [9.17, 15) is 9.59 Å². The van der Waals surface area contributed by atoms with Gasteiger partial charge in [-0.1, -0.05) is 30.3 Å². The summed E-state index contributed by atoms with van der Waals surface area (Å²) >= 11 is 0. The summed E-state index contributed by atoms with van der Waals surface area (Å²) in [6.07, 6.45) is 3.70. The van der Waals surface area contributed by atoms with Gasteiger partial charge >= 0.3 is 5.97 Å². The zero-order valence-corrected chi connectivity index (χ0v) is 11.0. The van der Waals surface area contributed by atoms with Gasteiger partial charge in [0.25, 0.3) is 0 Å². The summed E-state index contributed by atoms with van der Waals surface area (Å²) in [6, 6.07) is 14.1. The van der Waals surface area contributed by atoms with Crippen molar-refractivity contribution < 1.29 is 14.3 Å². The molecule has 0 aliphatic carbocycles. The lowest BCUT2D eigenvalue weighted by molar-refractivity contribution is 0.0733. The second-order valence-corrected chi connectivity index (χ2v) is 4.45. The van der Waals surface area contributed by atoms with Crippen molar-refractivity contribution >= 4 is 23.0 Å². The standard InChI is InChI=1S/C17H11NO3/c19-11-15-14-6-2-1-4-12(14)7-8-16(15)21-17(20)13-5-3-9-18-10-13/h1-11H. The van der Waals surface area contributed by atoms with Crippen LogP contribution in [0.3, 0.4) is 0 Å². The van der Waals surface area contributed by atoms with Gasteiger partial charge in [0.15, 0.2) is 6.29 Å². The normalized spacial score (nSPS) is 10.3. The van der Waals surface area contributed by atoms with E-state index in [1.54, 1.807) is 24.4 Å². The second-order valence-electron chi connectivity index (χ2n) is 4.45. The van der Waals surface area contributed by atoms with Gasteiger partial charge in [-0.05, 0) is 29.0 Å². The van der Waals surface area contributed by atoms with Crippen molar-refractivity contribution in [1.29, 1.82) is 0 Å². The Kier molecular flexibility index (Phi) is 3.43. The lowest BCUT2D eigenvalue weighted by Gasteiger charge is -2.09. The van der Waals surface area contributed by atoms with E-state index in [4.69, 9.17) is 4.74 Å². The number of ether oxygens (including phenoxy) is 1. The van der Waals surface area contributed by atoms with E-state index in [1.165, 1.54) is 6.20 Å². The minimum atomic E-state index is -0.540. The number of carbonyl (C=O) groups excluding carboxylic acids is 2. The average molecular weight is 277 g/mol. The van der Waals surface area contributed by atoms with E-state index >= 15 is 0 Å². The fraction of sp³-hybridized carbons (Fsp3) is 0. The molecule has 0 N–H and O–H groups in total. The molecule has 4 nitrogen and oxygen atoms in total. The highest BCUT2D eigenvalue weighted by molar-refractivity contribution is 6.02. The van der Waals surface area contributed by atoms with E-state index < -0.39 is 5.97 Å². The molecule has 0 amide bonds. The third-order valence-corrected chi connectivity index (χ3v) is 3.15. The van der Waals surface area contributed by atoms with Crippen molar-refractivity contribution in [3.63, 3.8) is 0 Å². The number of esters is 1. The van der Waals surface area contributed by atoms with Crippen LogP contribution in [0.25, 0.3) is 10.8 Å². The predicted octanol–water partition coefficient (Wildman–Crippen LogP) is 3.27. The molecule has 1 heterocycles. The molecule has 0 unspecified atom stereocenters. The molecule has 4 heteroatoms. The summed E-state index contributed by atoms with van der Waals surface area (Å²) in [6.45, 7) is 0. The lowest BCUT2D eigenvalue weighted by atomic mass is 10.0. The minimum Gasteiger partial charge on any atom is -0.422 e. The number of rotatable bonds is 3. The summed E-state index contributed by atoms with van der Waals surface area (Å²) < 4.78 is 5.32. The van der Waals surface area contributed by atoms with Crippen LogP contribution in [0.15, 0.2) is 60.9 Å². The third-order valence-electron chi connectivity index (χ3n) is 3.15. The number of hydrogen-bond acceptors (Lipinski definition) is 4. The molecule has 0 aliphatic rings. The summed E-state index contributed by atoms with van der Waals surface area (Å²) in [5, 5.41) is 1.67. The smallest absolute Gasteiger partial charge is 0.345 e. The second kappa shape index (κ2) is 5.54. The highest BCUT2D eigenvalue weighted by Crippen LogP contribution is 2.27. The van der Waals surface area contributed by atoms with Gasteiger partial charge in [-0.25, -0.2) is 4.79 Å². The quantitative estimate of drug-likeness (QED) is 0.419. The van der Waals surface area contributed by atoms with Crippen molar-refractivity contribution in [2.24, 2.45) is 0 Å². The van der Waals surface area contributed by atoms with Crippen LogP contribution in [-0.4, -0.2) is 17.2 Å². The Labute approximate surface area is 121 Å². The van der Waals surface area contributed by atoms with Crippen LogP contribution in [0.1, 0.15) is 20.7 Å². The predicted molar refractivity (Wildman–Crippen MR) is 78.5 cm³/mol. The molecular formula is C17H11NO3. The van der Waals surface area contributed by atoms with Crippen molar-refractivity contribution in [3.05, 3.63) is 72.1 Å². The van der Waals surface area contributed by atoms with Crippen LogP contribution < -0.4 is 4.74 Å². The van der Waals surface area contributed by atoms with Gasteiger partial charge < -0.3 is 4.74 Å². The van der Waals surface area contributed by atoms with Crippen molar-refractivity contribution in [2.75, 3.05) is 0 Å². The highest BCUT2D eigenvalue weighted by atomic mass is 16.5. The molecule has 0 saturated carbocycles. The molecule has 21 heavy (non-hydrogen) atoms. The number of pyridine rings is 1. The fourth-order valence-electron chi connectivity index (χ4n) is 2.13. The van der Waals surface area contributed by atoms with Crippen molar-refractivity contribution in [2.45, 2.75) is 0 Å². The maximum Gasteiger partial charge on any atom is 0.345 e. The van der Waals surface area contributed by atoms with Gasteiger partial charge in [-0.15, -0.1) is 0 Å².